The molecular weight excluding hydrogens is 306 g/mol. The highest BCUT2D eigenvalue weighted by atomic mass is 16.1. The number of hydrogen-bond donors (Lipinski definition) is 2. The van der Waals surface area contributed by atoms with Gasteiger partial charge in [-0.25, -0.2) is 9.97 Å². The van der Waals surface area contributed by atoms with Gasteiger partial charge in [0.15, 0.2) is 0 Å². The van der Waals surface area contributed by atoms with E-state index in [1.54, 1.807) is 18.2 Å². The lowest BCUT2D eigenvalue weighted by Gasteiger charge is -2.27. The molecule has 0 radical (unpaired) electrons. The third-order valence-corrected chi connectivity index (χ3v) is 4.15. The zero-order valence-electron chi connectivity index (χ0n) is 13.1. The predicted molar refractivity (Wildman–Crippen MR) is 89.9 cm³/mol. The number of amides is 1. The molecule has 3 aromatic rings. The number of fused-ring (bicyclic) bond motifs is 1. The van der Waals surface area contributed by atoms with Crippen LogP contribution in [0.5, 0.6) is 0 Å². The highest BCUT2D eigenvalue weighted by Gasteiger charge is 2.14. The number of carbonyl (C=O) groups excluding carboxylic acids is 1. The molecule has 2 aromatic heterocycles. The molecule has 4 rings (SSSR count). The fourth-order valence-electron chi connectivity index (χ4n) is 2.88. The van der Waals surface area contributed by atoms with E-state index >= 15 is 0 Å². The highest BCUT2D eigenvalue weighted by Crippen LogP contribution is 2.19. The molecule has 3 heterocycles. The van der Waals surface area contributed by atoms with Crippen LogP contribution in [-0.4, -0.2) is 44.4 Å². The second-order valence-corrected chi connectivity index (χ2v) is 5.79. The second kappa shape index (κ2) is 6.23. The largest absolute Gasteiger partial charge is 0.356 e. The van der Waals surface area contributed by atoms with Crippen LogP contribution in [0.3, 0.4) is 0 Å². The zero-order valence-corrected chi connectivity index (χ0v) is 13.1. The maximum atomic E-state index is 12.4. The van der Waals surface area contributed by atoms with Gasteiger partial charge in [-0.1, -0.05) is 0 Å². The van der Waals surface area contributed by atoms with Crippen LogP contribution in [0.1, 0.15) is 29.6 Å². The number of nitrogens with zero attached hydrogens (tertiary/aromatic N) is 5. The Morgan fingerprint density at radius 2 is 1.88 bits per heavy atom. The number of piperidine rings is 1. The van der Waals surface area contributed by atoms with Crippen LogP contribution in [0, 0.1) is 0 Å². The van der Waals surface area contributed by atoms with Gasteiger partial charge in [0.25, 0.3) is 5.91 Å². The van der Waals surface area contributed by atoms with Crippen LogP contribution in [0.25, 0.3) is 11.0 Å². The number of hydrogen-bond acceptors (Lipinski definition) is 6. The van der Waals surface area contributed by atoms with Crippen molar-refractivity contribution >= 4 is 28.6 Å². The van der Waals surface area contributed by atoms with Gasteiger partial charge in [-0.05, 0) is 37.5 Å². The molecule has 1 aliphatic heterocycles. The number of anilines is 2. The second-order valence-electron chi connectivity index (χ2n) is 5.79. The van der Waals surface area contributed by atoms with Gasteiger partial charge in [0.1, 0.15) is 29.0 Å². The average molecular weight is 323 g/mol. The van der Waals surface area contributed by atoms with E-state index in [0.717, 1.165) is 24.4 Å². The van der Waals surface area contributed by atoms with Gasteiger partial charge in [0.05, 0.1) is 0 Å². The van der Waals surface area contributed by atoms with E-state index in [2.05, 4.69) is 35.6 Å². The fraction of sp³-hybridized carbons (Fsp3) is 0.312. The molecule has 1 fully saturated rings. The normalized spacial score (nSPS) is 14.8. The monoisotopic (exact) mass is 323 g/mol. The summed E-state index contributed by atoms with van der Waals surface area (Å²) < 4.78 is 0. The van der Waals surface area contributed by atoms with Gasteiger partial charge in [0, 0.05) is 24.7 Å². The lowest BCUT2D eigenvalue weighted by atomic mass is 10.1. The number of nitrogens with one attached hydrogen (secondary N) is 2. The van der Waals surface area contributed by atoms with E-state index in [0.29, 0.717) is 16.9 Å². The minimum atomic E-state index is -0.233. The molecular formula is C16H17N7O. The summed E-state index contributed by atoms with van der Waals surface area (Å²) in [5.74, 6) is 1.12. The molecule has 1 aromatic carbocycles. The molecule has 8 nitrogen and oxygen atoms in total. The lowest BCUT2D eigenvalue weighted by Crippen LogP contribution is -2.30. The first-order valence-corrected chi connectivity index (χ1v) is 7.98. The maximum absolute atomic E-state index is 12.4. The third-order valence-electron chi connectivity index (χ3n) is 4.15. The van der Waals surface area contributed by atoms with Crippen molar-refractivity contribution in [3.8, 4) is 0 Å². The Balaban J connectivity index is 1.52. The van der Waals surface area contributed by atoms with Gasteiger partial charge in [-0.15, -0.1) is 0 Å². The molecule has 2 N–H and O–H groups in total. The lowest BCUT2D eigenvalue weighted by molar-refractivity contribution is 0.102. The molecule has 1 saturated heterocycles. The summed E-state index contributed by atoms with van der Waals surface area (Å²) in [5.41, 5.74) is 1.88. The van der Waals surface area contributed by atoms with E-state index in [1.807, 2.05) is 6.07 Å². The summed E-state index contributed by atoms with van der Waals surface area (Å²) in [5, 5.41) is 13.3. The Morgan fingerprint density at radius 3 is 2.75 bits per heavy atom. The highest BCUT2D eigenvalue weighted by molar-refractivity contribution is 6.05. The molecule has 1 amide bonds. The quantitative estimate of drug-likeness (QED) is 0.764. The van der Waals surface area contributed by atoms with Gasteiger partial charge in [-0.2, -0.15) is 15.4 Å². The summed E-state index contributed by atoms with van der Waals surface area (Å²) in [4.78, 5) is 23.1. The van der Waals surface area contributed by atoms with Crippen LogP contribution in [0.15, 0.2) is 30.6 Å². The van der Waals surface area contributed by atoms with E-state index in [1.165, 1.54) is 25.6 Å². The van der Waals surface area contributed by atoms with Crippen molar-refractivity contribution < 1.29 is 4.79 Å². The summed E-state index contributed by atoms with van der Waals surface area (Å²) in [6, 6.07) is 6.98. The Bertz CT molecular complexity index is 869. The Hall–Kier alpha value is -3.03. The number of rotatable bonds is 3. The first-order chi connectivity index (χ1) is 11.8. The minimum Gasteiger partial charge on any atom is -0.356 e. The number of carbonyl (C=O) groups is 1. The van der Waals surface area contributed by atoms with Crippen LogP contribution in [0.4, 0.5) is 11.6 Å². The fourth-order valence-corrected chi connectivity index (χ4v) is 2.88. The standard InChI is InChI=1S/C16H17N7O/c24-16(11-4-5-12-13(8-11)21-22-20-12)19-14-9-15(18-10-17-14)23-6-2-1-3-7-23/h4-5,8-10H,1-3,6-7H2,(H,20,21,22)(H,17,18,19,24). The van der Waals surface area contributed by atoms with Crippen LogP contribution in [-0.2, 0) is 0 Å². The Kier molecular flexibility index (Phi) is 3.78. The van der Waals surface area contributed by atoms with E-state index < -0.39 is 0 Å². The summed E-state index contributed by atoms with van der Waals surface area (Å²) in [7, 11) is 0. The number of H-pyrrole nitrogens is 1. The average Bonchev–Trinajstić information content (AvgIpc) is 3.10. The van der Waals surface area contributed by atoms with Crippen molar-refractivity contribution in [3.63, 3.8) is 0 Å². The summed E-state index contributed by atoms with van der Waals surface area (Å²) in [6.45, 7) is 1.99. The van der Waals surface area contributed by atoms with E-state index in [-0.39, 0.29) is 5.91 Å². The molecule has 0 bridgehead atoms. The van der Waals surface area contributed by atoms with Crippen molar-refractivity contribution in [3.05, 3.63) is 36.2 Å². The van der Waals surface area contributed by atoms with Crippen molar-refractivity contribution in [2.45, 2.75) is 19.3 Å². The van der Waals surface area contributed by atoms with Crippen LogP contribution in [0.2, 0.25) is 0 Å². The number of aromatic nitrogens is 5. The predicted octanol–water partition coefficient (Wildman–Crippen LogP) is 1.99. The molecule has 8 heteroatoms. The molecule has 0 spiro atoms. The SMILES string of the molecule is O=C(Nc1cc(N2CCCCC2)ncn1)c1ccc2n[nH]nc2c1. The van der Waals surface area contributed by atoms with Crippen molar-refractivity contribution in [1.29, 1.82) is 0 Å². The topological polar surface area (TPSA) is 99.7 Å². The van der Waals surface area contributed by atoms with Crippen molar-refractivity contribution in [2.75, 3.05) is 23.3 Å². The molecule has 0 saturated carbocycles. The number of benzene rings is 1. The molecule has 0 aliphatic carbocycles. The van der Waals surface area contributed by atoms with E-state index in [9.17, 15) is 4.79 Å². The van der Waals surface area contributed by atoms with Crippen LogP contribution >= 0.6 is 0 Å². The number of aromatic amines is 1. The molecule has 122 valence electrons. The maximum Gasteiger partial charge on any atom is 0.256 e. The third kappa shape index (κ3) is 2.90. The van der Waals surface area contributed by atoms with Crippen molar-refractivity contribution in [1.82, 2.24) is 25.4 Å². The summed E-state index contributed by atoms with van der Waals surface area (Å²) >= 11 is 0. The van der Waals surface area contributed by atoms with Gasteiger partial charge >= 0.3 is 0 Å². The molecule has 24 heavy (non-hydrogen) atoms. The van der Waals surface area contributed by atoms with Crippen molar-refractivity contribution in [2.24, 2.45) is 0 Å². The summed E-state index contributed by atoms with van der Waals surface area (Å²) in [6.07, 6.45) is 5.09. The zero-order chi connectivity index (χ0) is 16.4. The van der Waals surface area contributed by atoms with Gasteiger partial charge < -0.3 is 10.2 Å². The minimum absolute atomic E-state index is 0.233. The smallest absolute Gasteiger partial charge is 0.256 e. The van der Waals surface area contributed by atoms with Gasteiger partial charge in [-0.3, -0.25) is 4.79 Å². The Morgan fingerprint density at radius 1 is 1.04 bits per heavy atom. The molecule has 0 atom stereocenters. The molecule has 0 unspecified atom stereocenters. The van der Waals surface area contributed by atoms with Gasteiger partial charge in [0.2, 0.25) is 0 Å². The Labute approximate surface area is 138 Å². The van der Waals surface area contributed by atoms with E-state index in [4.69, 9.17) is 0 Å². The first kappa shape index (κ1) is 14.6. The van der Waals surface area contributed by atoms with Crippen LogP contribution < -0.4 is 10.2 Å². The molecule has 1 aliphatic rings. The first-order valence-electron chi connectivity index (χ1n) is 7.98.